The summed E-state index contributed by atoms with van der Waals surface area (Å²) in [5.74, 6) is -0.129. The second kappa shape index (κ2) is 6.10. The molecule has 1 aromatic heterocycles. The van der Waals surface area contributed by atoms with Gasteiger partial charge in [-0.15, -0.1) is 11.3 Å². The van der Waals surface area contributed by atoms with E-state index in [1.54, 1.807) is 6.07 Å². The molecule has 0 saturated carbocycles. The molecule has 0 amide bonds. The monoisotopic (exact) mass is 306 g/mol. The second-order valence-corrected chi connectivity index (χ2v) is 8.05. The lowest BCUT2D eigenvalue weighted by Crippen LogP contribution is -2.37. The van der Waals surface area contributed by atoms with Crippen LogP contribution in [0.2, 0.25) is 0 Å². The Bertz CT molecular complexity index is 522. The fourth-order valence-electron chi connectivity index (χ4n) is 1.47. The zero-order chi connectivity index (χ0) is 13.9. The molecule has 0 aliphatic rings. The van der Waals surface area contributed by atoms with Crippen molar-refractivity contribution in [2.24, 2.45) is 11.7 Å². The molecular weight excluding hydrogens is 288 g/mol. The fourth-order valence-corrected chi connectivity index (χ4v) is 4.52. The van der Waals surface area contributed by atoms with Crippen molar-refractivity contribution >= 4 is 38.6 Å². The number of thiocarbonyl (C=S) groups is 1. The Kier molecular flexibility index (Phi) is 5.27. The van der Waals surface area contributed by atoms with Crippen LogP contribution < -0.4 is 5.73 Å². The Balaban J connectivity index is 2.97. The van der Waals surface area contributed by atoms with Crippen LogP contribution in [0.1, 0.15) is 18.7 Å². The van der Waals surface area contributed by atoms with E-state index in [-0.39, 0.29) is 5.92 Å². The number of hydrogen-bond acceptors (Lipinski definition) is 4. The van der Waals surface area contributed by atoms with Gasteiger partial charge in [0.1, 0.15) is 4.21 Å². The SMILES string of the molecule is CCN(CC(C)C(N)=S)S(=O)(=O)c1ccc(C)s1. The summed E-state index contributed by atoms with van der Waals surface area (Å²) in [6.45, 7) is 6.26. The Morgan fingerprint density at radius 2 is 2.17 bits per heavy atom. The van der Waals surface area contributed by atoms with Gasteiger partial charge in [0, 0.05) is 23.9 Å². The molecule has 0 fully saturated rings. The lowest BCUT2D eigenvalue weighted by molar-refractivity contribution is 0.406. The molecule has 0 aliphatic heterocycles. The summed E-state index contributed by atoms with van der Waals surface area (Å²) in [4.78, 5) is 1.32. The highest BCUT2D eigenvalue weighted by molar-refractivity contribution is 7.91. The largest absolute Gasteiger partial charge is 0.393 e. The molecule has 2 N–H and O–H groups in total. The van der Waals surface area contributed by atoms with Crippen molar-refractivity contribution in [3.8, 4) is 0 Å². The van der Waals surface area contributed by atoms with E-state index in [0.29, 0.717) is 22.3 Å². The average molecular weight is 306 g/mol. The Morgan fingerprint density at radius 3 is 2.56 bits per heavy atom. The summed E-state index contributed by atoms with van der Waals surface area (Å²) in [6.07, 6.45) is 0. The van der Waals surface area contributed by atoms with E-state index in [1.165, 1.54) is 15.6 Å². The molecule has 4 nitrogen and oxygen atoms in total. The van der Waals surface area contributed by atoms with Gasteiger partial charge in [0.2, 0.25) is 0 Å². The number of thiophene rings is 1. The molecule has 1 unspecified atom stereocenters. The van der Waals surface area contributed by atoms with Crippen LogP contribution in [-0.2, 0) is 10.0 Å². The highest BCUT2D eigenvalue weighted by Crippen LogP contribution is 2.24. The highest BCUT2D eigenvalue weighted by atomic mass is 32.2. The first-order valence-corrected chi connectivity index (χ1v) is 8.31. The quantitative estimate of drug-likeness (QED) is 0.816. The fraction of sp³-hybridized carbons (Fsp3) is 0.545. The molecule has 102 valence electrons. The molecule has 1 heterocycles. The summed E-state index contributed by atoms with van der Waals surface area (Å²) in [7, 11) is -3.42. The van der Waals surface area contributed by atoms with Crippen LogP contribution in [0.25, 0.3) is 0 Å². The Hall–Kier alpha value is -0.500. The highest BCUT2D eigenvalue weighted by Gasteiger charge is 2.26. The van der Waals surface area contributed by atoms with Gasteiger partial charge in [-0.25, -0.2) is 8.42 Å². The number of nitrogens with zero attached hydrogens (tertiary/aromatic N) is 1. The normalized spacial score (nSPS) is 13.8. The molecule has 0 saturated heterocycles. The van der Waals surface area contributed by atoms with Gasteiger partial charge in [-0.2, -0.15) is 4.31 Å². The van der Waals surface area contributed by atoms with Crippen molar-refractivity contribution in [3.05, 3.63) is 17.0 Å². The van der Waals surface area contributed by atoms with E-state index in [4.69, 9.17) is 18.0 Å². The molecule has 0 aliphatic carbocycles. The van der Waals surface area contributed by atoms with Crippen LogP contribution in [-0.4, -0.2) is 30.8 Å². The van der Waals surface area contributed by atoms with Gasteiger partial charge in [0.25, 0.3) is 10.0 Å². The molecule has 0 spiro atoms. The average Bonchev–Trinajstić information content (AvgIpc) is 2.72. The maximum absolute atomic E-state index is 12.4. The van der Waals surface area contributed by atoms with Crippen LogP contribution in [0, 0.1) is 12.8 Å². The first-order valence-electron chi connectivity index (χ1n) is 5.65. The molecule has 1 rings (SSSR count). The number of hydrogen-bond donors (Lipinski definition) is 1. The van der Waals surface area contributed by atoms with Crippen LogP contribution in [0.5, 0.6) is 0 Å². The molecule has 7 heteroatoms. The predicted molar refractivity (Wildman–Crippen MR) is 79.4 cm³/mol. The van der Waals surface area contributed by atoms with Gasteiger partial charge < -0.3 is 5.73 Å². The predicted octanol–water partition coefficient (Wildman–Crippen LogP) is 1.99. The van der Waals surface area contributed by atoms with E-state index in [1.807, 2.05) is 26.8 Å². The maximum Gasteiger partial charge on any atom is 0.252 e. The summed E-state index contributed by atoms with van der Waals surface area (Å²) >= 11 is 6.17. The first-order chi connectivity index (χ1) is 8.28. The molecule has 0 aromatic carbocycles. The minimum atomic E-state index is -3.42. The van der Waals surface area contributed by atoms with E-state index >= 15 is 0 Å². The molecular formula is C11H18N2O2S3. The number of nitrogens with two attached hydrogens (primary N) is 1. The summed E-state index contributed by atoms with van der Waals surface area (Å²) in [5.41, 5.74) is 5.54. The third-order valence-electron chi connectivity index (χ3n) is 2.63. The molecule has 0 bridgehead atoms. The number of sulfonamides is 1. The van der Waals surface area contributed by atoms with Crippen LogP contribution in [0.15, 0.2) is 16.3 Å². The zero-order valence-electron chi connectivity index (χ0n) is 10.7. The minimum absolute atomic E-state index is 0.129. The van der Waals surface area contributed by atoms with Crippen molar-refractivity contribution in [1.29, 1.82) is 0 Å². The second-order valence-electron chi connectivity index (χ2n) is 4.12. The number of aryl methyl sites for hydroxylation is 1. The van der Waals surface area contributed by atoms with Crippen LogP contribution in [0.4, 0.5) is 0 Å². The molecule has 1 atom stereocenters. The van der Waals surface area contributed by atoms with Gasteiger partial charge in [-0.05, 0) is 19.1 Å². The van der Waals surface area contributed by atoms with Crippen molar-refractivity contribution in [3.63, 3.8) is 0 Å². The van der Waals surface area contributed by atoms with Crippen molar-refractivity contribution in [2.45, 2.75) is 25.0 Å². The minimum Gasteiger partial charge on any atom is -0.393 e. The molecule has 18 heavy (non-hydrogen) atoms. The lowest BCUT2D eigenvalue weighted by Gasteiger charge is -2.22. The topological polar surface area (TPSA) is 63.4 Å². The first kappa shape index (κ1) is 15.6. The Labute approximate surface area is 118 Å². The van der Waals surface area contributed by atoms with Crippen LogP contribution >= 0.6 is 23.6 Å². The molecule has 0 radical (unpaired) electrons. The van der Waals surface area contributed by atoms with Crippen molar-refractivity contribution in [1.82, 2.24) is 4.31 Å². The summed E-state index contributed by atoms with van der Waals surface area (Å²) in [6, 6.07) is 3.45. The van der Waals surface area contributed by atoms with Gasteiger partial charge in [-0.3, -0.25) is 0 Å². The molecule has 1 aromatic rings. The van der Waals surface area contributed by atoms with Crippen molar-refractivity contribution < 1.29 is 8.42 Å². The van der Waals surface area contributed by atoms with Gasteiger partial charge in [-0.1, -0.05) is 26.1 Å². The standard InChI is InChI=1S/C11H18N2O2S3/c1-4-13(7-8(2)11(12)16)18(14,15)10-6-5-9(3)17-10/h5-6,8H,4,7H2,1-3H3,(H2,12,16). The van der Waals surface area contributed by atoms with Crippen LogP contribution in [0.3, 0.4) is 0 Å². The number of rotatable bonds is 6. The summed E-state index contributed by atoms with van der Waals surface area (Å²) in [5, 5.41) is 0. The van der Waals surface area contributed by atoms with E-state index in [2.05, 4.69) is 0 Å². The van der Waals surface area contributed by atoms with E-state index in [0.717, 1.165) is 4.88 Å². The maximum atomic E-state index is 12.4. The third-order valence-corrected chi connectivity index (χ3v) is 6.44. The lowest BCUT2D eigenvalue weighted by atomic mass is 10.2. The van der Waals surface area contributed by atoms with Crippen molar-refractivity contribution in [2.75, 3.05) is 13.1 Å². The zero-order valence-corrected chi connectivity index (χ0v) is 13.2. The summed E-state index contributed by atoms with van der Waals surface area (Å²) < 4.78 is 26.6. The Morgan fingerprint density at radius 1 is 1.56 bits per heavy atom. The van der Waals surface area contributed by atoms with Gasteiger partial charge in [0.15, 0.2) is 0 Å². The van der Waals surface area contributed by atoms with Gasteiger partial charge in [0.05, 0.1) is 4.99 Å². The van der Waals surface area contributed by atoms with E-state index < -0.39 is 10.0 Å². The van der Waals surface area contributed by atoms with E-state index in [9.17, 15) is 8.42 Å². The smallest absolute Gasteiger partial charge is 0.252 e. The van der Waals surface area contributed by atoms with Gasteiger partial charge >= 0.3 is 0 Å². The third kappa shape index (κ3) is 3.50.